The molecule has 24 heavy (non-hydrogen) atoms. The Balaban J connectivity index is 2.00. The molecular weight excluding hydrogens is 302 g/mol. The van der Waals surface area contributed by atoms with Crippen molar-refractivity contribution in [2.75, 3.05) is 13.2 Å². The van der Waals surface area contributed by atoms with Crippen LogP contribution in [0.4, 0.5) is 0 Å². The van der Waals surface area contributed by atoms with Gasteiger partial charge in [0.1, 0.15) is 0 Å². The van der Waals surface area contributed by atoms with Crippen molar-refractivity contribution in [3.63, 3.8) is 0 Å². The van der Waals surface area contributed by atoms with E-state index in [0.29, 0.717) is 0 Å². The van der Waals surface area contributed by atoms with Crippen LogP contribution >= 0.6 is 0 Å². The van der Waals surface area contributed by atoms with Gasteiger partial charge in [-0.25, -0.2) is 0 Å². The summed E-state index contributed by atoms with van der Waals surface area (Å²) in [6, 6.07) is 0. The summed E-state index contributed by atoms with van der Waals surface area (Å²) < 4.78 is 0. The standard InChI is InChI=1S/C20H35NO3/c1-2-3-4-5-6-7-8-9-10-11-12-13-14-18-17-19(23)21(15-16-22)20(18)24/h13-14,18,22H,2-12,15-17H2,1H3/b14-13+. The highest BCUT2D eigenvalue weighted by atomic mass is 16.3. The van der Waals surface area contributed by atoms with Crippen LogP contribution in [0.1, 0.15) is 84.0 Å². The summed E-state index contributed by atoms with van der Waals surface area (Å²) in [5.41, 5.74) is 0. The number of hydrogen-bond acceptors (Lipinski definition) is 3. The van der Waals surface area contributed by atoms with E-state index in [1.807, 2.05) is 12.2 Å². The number of likely N-dealkylation sites (tertiary alicyclic amines) is 1. The van der Waals surface area contributed by atoms with Crippen LogP contribution in [0.15, 0.2) is 12.2 Å². The van der Waals surface area contributed by atoms with E-state index in [-0.39, 0.29) is 37.3 Å². The lowest BCUT2D eigenvalue weighted by atomic mass is 10.0. The minimum absolute atomic E-state index is 0.125. The molecule has 1 fully saturated rings. The second-order valence-electron chi connectivity index (χ2n) is 6.82. The van der Waals surface area contributed by atoms with Gasteiger partial charge in [-0.05, 0) is 12.8 Å². The molecule has 2 amide bonds. The SMILES string of the molecule is CCCCCCCCCCCC/C=C/C1CC(=O)N(CCO)C1=O. The molecule has 1 heterocycles. The van der Waals surface area contributed by atoms with Crippen molar-refractivity contribution in [1.82, 2.24) is 4.90 Å². The second-order valence-corrected chi connectivity index (χ2v) is 6.82. The number of hydrogen-bond donors (Lipinski definition) is 1. The molecule has 0 aromatic heterocycles. The van der Waals surface area contributed by atoms with E-state index in [0.717, 1.165) is 12.8 Å². The summed E-state index contributed by atoms with van der Waals surface area (Å²) in [4.78, 5) is 24.8. The van der Waals surface area contributed by atoms with Crippen LogP contribution in [0.3, 0.4) is 0 Å². The molecule has 1 saturated heterocycles. The molecule has 0 bridgehead atoms. The molecule has 1 atom stereocenters. The number of aliphatic hydroxyl groups excluding tert-OH is 1. The van der Waals surface area contributed by atoms with Gasteiger partial charge < -0.3 is 5.11 Å². The average Bonchev–Trinajstić information content (AvgIpc) is 2.84. The van der Waals surface area contributed by atoms with Crippen molar-refractivity contribution in [2.24, 2.45) is 5.92 Å². The fraction of sp³-hybridized carbons (Fsp3) is 0.800. The molecule has 0 spiro atoms. The van der Waals surface area contributed by atoms with E-state index in [2.05, 4.69) is 6.92 Å². The zero-order valence-electron chi connectivity index (χ0n) is 15.3. The molecule has 4 nitrogen and oxygen atoms in total. The number of nitrogens with zero attached hydrogens (tertiary/aromatic N) is 1. The first kappa shape index (κ1) is 20.9. The first-order valence-corrected chi connectivity index (χ1v) is 9.82. The quantitative estimate of drug-likeness (QED) is 0.293. The Morgan fingerprint density at radius 1 is 1.00 bits per heavy atom. The monoisotopic (exact) mass is 337 g/mol. The maximum atomic E-state index is 12.0. The number of amides is 2. The molecule has 1 unspecified atom stereocenters. The van der Waals surface area contributed by atoms with Crippen molar-refractivity contribution < 1.29 is 14.7 Å². The predicted molar refractivity (Wildman–Crippen MR) is 97.5 cm³/mol. The van der Waals surface area contributed by atoms with Crippen molar-refractivity contribution in [3.8, 4) is 0 Å². The molecule has 0 saturated carbocycles. The molecular formula is C20H35NO3. The Labute approximate surface area is 147 Å². The van der Waals surface area contributed by atoms with Gasteiger partial charge in [0.05, 0.1) is 19.1 Å². The zero-order valence-corrected chi connectivity index (χ0v) is 15.3. The smallest absolute Gasteiger partial charge is 0.236 e. The van der Waals surface area contributed by atoms with E-state index in [1.54, 1.807) is 0 Å². The van der Waals surface area contributed by atoms with Crippen molar-refractivity contribution in [3.05, 3.63) is 12.2 Å². The van der Waals surface area contributed by atoms with E-state index >= 15 is 0 Å². The molecule has 1 N–H and O–H groups in total. The van der Waals surface area contributed by atoms with Crippen LogP contribution in [0.5, 0.6) is 0 Å². The van der Waals surface area contributed by atoms with Gasteiger partial charge in [0.25, 0.3) is 0 Å². The van der Waals surface area contributed by atoms with Gasteiger partial charge in [0, 0.05) is 6.42 Å². The van der Waals surface area contributed by atoms with Crippen molar-refractivity contribution >= 4 is 11.8 Å². The maximum absolute atomic E-state index is 12.0. The van der Waals surface area contributed by atoms with Gasteiger partial charge >= 0.3 is 0 Å². The van der Waals surface area contributed by atoms with Gasteiger partial charge in [0.2, 0.25) is 11.8 Å². The van der Waals surface area contributed by atoms with E-state index < -0.39 is 0 Å². The van der Waals surface area contributed by atoms with Gasteiger partial charge in [-0.15, -0.1) is 0 Å². The molecule has 138 valence electrons. The number of carbonyl (C=O) groups is 2. The lowest BCUT2D eigenvalue weighted by Gasteiger charge is -2.11. The largest absolute Gasteiger partial charge is 0.395 e. The van der Waals surface area contributed by atoms with Crippen LogP contribution in [0.25, 0.3) is 0 Å². The van der Waals surface area contributed by atoms with Gasteiger partial charge in [-0.2, -0.15) is 0 Å². The molecule has 1 rings (SSSR count). The lowest BCUT2D eigenvalue weighted by Crippen LogP contribution is -2.32. The predicted octanol–water partition coefficient (Wildman–Crippen LogP) is 4.22. The Morgan fingerprint density at radius 3 is 2.17 bits per heavy atom. The van der Waals surface area contributed by atoms with Crippen molar-refractivity contribution in [1.29, 1.82) is 0 Å². The normalized spacial score (nSPS) is 18.2. The molecule has 0 radical (unpaired) electrons. The summed E-state index contributed by atoms with van der Waals surface area (Å²) in [7, 11) is 0. The Kier molecular flexibility index (Phi) is 11.5. The summed E-state index contributed by atoms with van der Waals surface area (Å²) in [5.74, 6) is -0.636. The Bertz CT molecular complexity index is 392. The average molecular weight is 338 g/mol. The lowest BCUT2D eigenvalue weighted by molar-refractivity contribution is -0.139. The zero-order chi connectivity index (χ0) is 17.6. The Hall–Kier alpha value is -1.16. The van der Waals surface area contributed by atoms with E-state index in [9.17, 15) is 9.59 Å². The number of rotatable bonds is 14. The maximum Gasteiger partial charge on any atom is 0.236 e. The highest BCUT2D eigenvalue weighted by molar-refractivity contribution is 6.04. The first-order chi connectivity index (χ1) is 11.7. The highest BCUT2D eigenvalue weighted by Gasteiger charge is 2.36. The summed E-state index contributed by atoms with van der Waals surface area (Å²) >= 11 is 0. The van der Waals surface area contributed by atoms with Crippen molar-refractivity contribution in [2.45, 2.75) is 84.0 Å². The summed E-state index contributed by atoms with van der Waals surface area (Å²) in [5, 5.41) is 8.87. The molecule has 0 aromatic rings. The third-order valence-electron chi connectivity index (χ3n) is 4.70. The van der Waals surface area contributed by atoms with Gasteiger partial charge in [-0.1, -0.05) is 76.9 Å². The number of allylic oxidation sites excluding steroid dienone is 1. The molecule has 4 heteroatoms. The number of imide groups is 1. The van der Waals surface area contributed by atoms with E-state index in [1.165, 1.54) is 62.7 Å². The molecule has 1 aliphatic rings. The number of β-amino-alcohol motifs (C(OH)–C–C–N with tert-alkyl or cyclic N) is 1. The first-order valence-electron chi connectivity index (χ1n) is 9.82. The second kappa shape index (κ2) is 13.2. The Morgan fingerprint density at radius 2 is 1.58 bits per heavy atom. The third-order valence-corrected chi connectivity index (χ3v) is 4.70. The van der Waals surface area contributed by atoms with Crippen LogP contribution in [0.2, 0.25) is 0 Å². The molecule has 0 aromatic carbocycles. The number of carbonyl (C=O) groups excluding carboxylic acids is 2. The molecule has 0 aliphatic carbocycles. The van der Waals surface area contributed by atoms with Crippen LogP contribution < -0.4 is 0 Å². The van der Waals surface area contributed by atoms with Gasteiger partial charge in [-0.3, -0.25) is 14.5 Å². The summed E-state index contributed by atoms with van der Waals surface area (Å²) in [6.07, 6.45) is 18.4. The summed E-state index contributed by atoms with van der Waals surface area (Å²) in [6.45, 7) is 2.22. The van der Waals surface area contributed by atoms with Crippen LogP contribution in [0, 0.1) is 5.92 Å². The number of unbranched alkanes of at least 4 members (excludes halogenated alkanes) is 10. The van der Waals surface area contributed by atoms with Gasteiger partial charge in [0.15, 0.2) is 0 Å². The highest BCUT2D eigenvalue weighted by Crippen LogP contribution is 2.21. The van der Waals surface area contributed by atoms with Crippen LogP contribution in [-0.4, -0.2) is 35.0 Å². The topological polar surface area (TPSA) is 57.6 Å². The molecule has 1 aliphatic heterocycles. The minimum atomic E-state index is -0.313. The fourth-order valence-corrected chi connectivity index (χ4v) is 3.20. The van der Waals surface area contributed by atoms with E-state index in [4.69, 9.17) is 5.11 Å². The fourth-order valence-electron chi connectivity index (χ4n) is 3.20. The van der Waals surface area contributed by atoms with Crippen LogP contribution in [-0.2, 0) is 9.59 Å². The number of aliphatic hydroxyl groups is 1. The minimum Gasteiger partial charge on any atom is -0.395 e. The third kappa shape index (κ3) is 8.09.